The third-order valence-corrected chi connectivity index (χ3v) is 7.39. The molecule has 190 valence electrons. The quantitative estimate of drug-likeness (QED) is 0.288. The molecule has 1 fully saturated rings. The van der Waals surface area contributed by atoms with Gasteiger partial charge in [0.25, 0.3) is 11.2 Å². The molecule has 0 aliphatic carbocycles. The van der Waals surface area contributed by atoms with Crippen LogP contribution in [0.4, 0.5) is 11.4 Å². The predicted molar refractivity (Wildman–Crippen MR) is 138 cm³/mol. The fourth-order valence-electron chi connectivity index (χ4n) is 4.65. The predicted octanol–water partition coefficient (Wildman–Crippen LogP) is 2.15. The molecule has 1 aromatic heterocycles. The Morgan fingerprint density at radius 2 is 1.95 bits per heavy atom. The van der Waals surface area contributed by atoms with Gasteiger partial charge in [-0.2, -0.15) is 0 Å². The molecular weight excluding hydrogens is 496 g/mol. The second kappa shape index (κ2) is 10.1. The molecular formula is C26H24N4O6S. The van der Waals surface area contributed by atoms with E-state index in [1.807, 2.05) is 30.3 Å². The van der Waals surface area contributed by atoms with Crippen LogP contribution in [0.15, 0.2) is 69.6 Å². The smallest absolute Gasteiger partial charge is 0.338 e. The Morgan fingerprint density at radius 3 is 2.62 bits per heavy atom. The fraction of sp³-hybridized carbons (Fsp3) is 0.269. The highest BCUT2D eigenvalue weighted by Crippen LogP contribution is 2.31. The van der Waals surface area contributed by atoms with Crippen LogP contribution in [0.2, 0.25) is 0 Å². The first kappa shape index (κ1) is 24.6. The molecule has 0 spiro atoms. The van der Waals surface area contributed by atoms with Crippen LogP contribution in [-0.2, 0) is 14.3 Å². The molecule has 10 nitrogen and oxygen atoms in total. The topological polar surface area (TPSA) is 116 Å². The molecule has 1 unspecified atom stereocenters. The lowest BCUT2D eigenvalue weighted by Gasteiger charge is -2.30. The molecule has 3 aromatic rings. The first-order chi connectivity index (χ1) is 17.9. The van der Waals surface area contributed by atoms with Gasteiger partial charge in [-0.3, -0.25) is 19.5 Å². The van der Waals surface area contributed by atoms with Crippen LogP contribution in [0.3, 0.4) is 0 Å². The highest BCUT2D eigenvalue weighted by Gasteiger charge is 2.33. The molecule has 0 amide bonds. The van der Waals surface area contributed by atoms with E-state index in [1.54, 1.807) is 19.1 Å². The van der Waals surface area contributed by atoms with Crippen LogP contribution in [0.1, 0.15) is 24.1 Å². The lowest BCUT2D eigenvalue weighted by Crippen LogP contribution is -2.40. The summed E-state index contributed by atoms with van der Waals surface area (Å²) < 4.78 is 12.3. The number of nitrogens with zero attached hydrogens (tertiary/aromatic N) is 4. The van der Waals surface area contributed by atoms with E-state index in [1.165, 1.54) is 35.1 Å². The van der Waals surface area contributed by atoms with Gasteiger partial charge < -0.3 is 14.4 Å². The number of nitro groups is 1. The van der Waals surface area contributed by atoms with Gasteiger partial charge in [-0.1, -0.05) is 41.7 Å². The zero-order valence-corrected chi connectivity index (χ0v) is 21.1. The number of carbonyl (C=O) groups is 1. The number of hydrogen-bond donors (Lipinski definition) is 0. The molecule has 2 aromatic carbocycles. The second-order valence-corrected chi connectivity index (χ2v) is 9.59. The van der Waals surface area contributed by atoms with Crippen LogP contribution in [0, 0.1) is 10.1 Å². The summed E-state index contributed by atoms with van der Waals surface area (Å²) in [6.45, 7) is 4.08. The molecule has 0 saturated carbocycles. The van der Waals surface area contributed by atoms with E-state index in [-0.39, 0.29) is 16.8 Å². The molecule has 0 radical (unpaired) electrons. The second-order valence-electron chi connectivity index (χ2n) is 8.58. The Kier molecular flexibility index (Phi) is 6.72. The van der Waals surface area contributed by atoms with E-state index in [0.29, 0.717) is 46.9 Å². The zero-order chi connectivity index (χ0) is 26.1. The van der Waals surface area contributed by atoms with Crippen molar-refractivity contribution >= 4 is 34.8 Å². The number of rotatable bonds is 5. The maximum atomic E-state index is 13.8. The summed E-state index contributed by atoms with van der Waals surface area (Å²) in [7, 11) is 1.30. The number of esters is 1. The molecule has 2 aliphatic rings. The van der Waals surface area contributed by atoms with Gasteiger partial charge in [-0.05, 0) is 24.6 Å². The van der Waals surface area contributed by atoms with Crippen molar-refractivity contribution in [2.24, 2.45) is 4.99 Å². The molecule has 1 atom stereocenters. The first-order valence-corrected chi connectivity index (χ1v) is 12.5. The van der Waals surface area contributed by atoms with Gasteiger partial charge in [-0.15, -0.1) is 0 Å². The Morgan fingerprint density at radius 1 is 1.22 bits per heavy atom. The van der Waals surface area contributed by atoms with Crippen molar-refractivity contribution in [2.45, 2.75) is 13.0 Å². The number of ether oxygens (including phenoxy) is 2. The van der Waals surface area contributed by atoms with E-state index in [9.17, 15) is 19.7 Å². The fourth-order valence-corrected chi connectivity index (χ4v) is 5.69. The third-order valence-electron chi connectivity index (χ3n) is 6.40. The number of aromatic nitrogens is 1. The molecule has 0 N–H and O–H groups in total. The Labute approximate surface area is 215 Å². The molecule has 3 heterocycles. The van der Waals surface area contributed by atoms with Crippen LogP contribution in [0.25, 0.3) is 6.08 Å². The summed E-state index contributed by atoms with van der Waals surface area (Å²) in [6, 6.07) is 13.2. The molecule has 5 rings (SSSR count). The Balaban J connectivity index is 1.72. The standard InChI is InChI=1S/C26H24N4O6S/c1-16-22(25(32)35-2)23(17-6-4-3-5-7-17)29-24(31)21(37-26(29)27-16)15-18-14-19(30(33)34)8-9-20(18)28-10-12-36-13-11-28/h3-9,14-15,23H,10-13H2,1-2H3. The lowest BCUT2D eigenvalue weighted by atomic mass is 9.96. The summed E-state index contributed by atoms with van der Waals surface area (Å²) in [5.74, 6) is -0.558. The van der Waals surface area contributed by atoms with Gasteiger partial charge in [0.1, 0.15) is 0 Å². The van der Waals surface area contributed by atoms with Gasteiger partial charge in [0.05, 0.1) is 47.1 Å². The van der Waals surface area contributed by atoms with E-state index in [4.69, 9.17) is 9.47 Å². The van der Waals surface area contributed by atoms with Crippen molar-refractivity contribution in [3.8, 4) is 0 Å². The van der Waals surface area contributed by atoms with E-state index in [0.717, 1.165) is 11.3 Å². The summed E-state index contributed by atoms with van der Waals surface area (Å²) >= 11 is 1.18. The molecule has 37 heavy (non-hydrogen) atoms. The van der Waals surface area contributed by atoms with E-state index >= 15 is 0 Å². The minimum atomic E-state index is -0.712. The largest absolute Gasteiger partial charge is 0.466 e. The van der Waals surface area contributed by atoms with Crippen molar-refractivity contribution in [3.05, 3.63) is 101 Å². The molecule has 11 heteroatoms. The van der Waals surface area contributed by atoms with Gasteiger partial charge in [0.2, 0.25) is 0 Å². The minimum absolute atomic E-state index is 0.0676. The Hall–Kier alpha value is -4.09. The number of morpholine rings is 1. The van der Waals surface area contributed by atoms with Crippen LogP contribution in [0.5, 0.6) is 0 Å². The maximum absolute atomic E-state index is 13.8. The number of methoxy groups -OCH3 is 1. The van der Waals surface area contributed by atoms with Crippen molar-refractivity contribution < 1.29 is 19.2 Å². The van der Waals surface area contributed by atoms with E-state index in [2.05, 4.69) is 9.89 Å². The zero-order valence-electron chi connectivity index (χ0n) is 20.2. The number of hydrogen-bond acceptors (Lipinski definition) is 9. The number of anilines is 1. The highest BCUT2D eigenvalue weighted by atomic mass is 32.1. The first-order valence-electron chi connectivity index (χ1n) is 11.7. The summed E-state index contributed by atoms with van der Waals surface area (Å²) in [6.07, 6.45) is 1.67. The number of thiazole rings is 1. The van der Waals surface area contributed by atoms with Gasteiger partial charge in [0.15, 0.2) is 4.80 Å². The SMILES string of the molecule is COC(=O)C1=C(C)N=c2sc(=Cc3cc([N+](=O)[O-])ccc3N3CCOCC3)c(=O)n2C1c1ccccc1. The van der Waals surface area contributed by atoms with E-state index < -0.39 is 16.9 Å². The highest BCUT2D eigenvalue weighted by molar-refractivity contribution is 7.07. The number of carbonyl (C=O) groups excluding carboxylic acids is 1. The van der Waals surface area contributed by atoms with Gasteiger partial charge in [-0.25, -0.2) is 9.79 Å². The molecule has 0 bridgehead atoms. The third kappa shape index (κ3) is 4.58. The van der Waals surface area contributed by atoms with Crippen molar-refractivity contribution in [3.63, 3.8) is 0 Å². The van der Waals surface area contributed by atoms with Crippen LogP contribution >= 0.6 is 11.3 Å². The normalized spacial score (nSPS) is 17.8. The lowest BCUT2D eigenvalue weighted by molar-refractivity contribution is -0.384. The van der Waals surface area contributed by atoms with Crippen molar-refractivity contribution in [2.75, 3.05) is 38.3 Å². The van der Waals surface area contributed by atoms with Crippen LogP contribution in [-0.4, -0.2) is 48.9 Å². The van der Waals surface area contributed by atoms with Crippen molar-refractivity contribution in [1.29, 1.82) is 0 Å². The number of fused-ring (bicyclic) bond motifs is 1. The average molecular weight is 521 g/mol. The maximum Gasteiger partial charge on any atom is 0.338 e. The molecule has 2 aliphatic heterocycles. The Bertz CT molecular complexity index is 1590. The van der Waals surface area contributed by atoms with Gasteiger partial charge in [0, 0.05) is 36.5 Å². The minimum Gasteiger partial charge on any atom is -0.466 e. The molecule has 1 saturated heterocycles. The number of non-ortho nitro benzene ring substituents is 1. The number of benzene rings is 2. The summed E-state index contributed by atoms with van der Waals surface area (Å²) in [5.41, 5.74) is 2.43. The monoisotopic (exact) mass is 520 g/mol. The average Bonchev–Trinajstić information content (AvgIpc) is 3.22. The summed E-state index contributed by atoms with van der Waals surface area (Å²) in [5, 5.41) is 11.5. The summed E-state index contributed by atoms with van der Waals surface area (Å²) in [4.78, 5) is 44.7. The van der Waals surface area contributed by atoms with Crippen LogP contribution < -0.4 is 19.8 Å². The number of allylic oxidation sites excluding steroid dienone is 1. The van der Waals surface area contributed by atoms with Crippen molar-refractivity contribution in [1.82, 2.24) is 4.57 Å². The van der Waals surface area contributed by atoms with Gasteiger partial charge >= 0.3 is 5.97 Å². The number of nitro benzene ring substituents is 1.